The molecule has 24 heavy (non-hydrogen) atoms. The topological polar surface area (TPSA) is 55.6 Å². The Labute approximate surface area is 137 Å². The predicted molar refractivity (Wildman–Crippen MR) is 90.5 cm³/mol. The zero-order valence-corrected chi connectivity index (χ0v) is 12.7. The smallest absolute Gasteiger partial charge is 0.149 e. The molecule has 0 aliphatic rings. The van der Waals surface area contributed by atoms with E-state index in [2.05, 4.69) is 32.5 Å². The van der Waals surface area contributed by atoms with Crippen LogP contribution in [0.15, 0.2) is 67.3 Å². The van der Waals surface area contributed by atoms with Crippen molar-refractivity contribution >= 4 is 22.4 Å². The van der Waals surface area contributed by atoms with Gasteiger partial charge in [-0.25, -0.2) is 14.4 Å². The molecule has 0 radical (unpaired) electrons. The first-order valence-corrected chi connectivity index (χ1v) is 7.52. The van der Waals surface area contributed by atoms with Crippen molar-refractivity contribution in [3.05, 3.63) is 78.6 Å². The number of aromatic nitrogens is 4. The van der Waals surface area contributed by atoms with E-state index in [1.54, 1.807) is 18.3 Å². The number of hydrogen-bond donors (Lipinski definition) is 1. The zero-order valence-electron chi connectivity index (χ0n) is 12.7. The fourth-order valence-corrected chi connectivity index (χ4v) is 2.57. The Kier molecular flexibility index (Phi) is 3.63. The first kappa shape index (κ1) is 14.3. The van der Waals surface area contributed by atoms with E-state index in [-0.39, 0.29) is 5.82 Å². The van der Waals surface area contributed by atoms with Crippen LogP contribution in [0.3, 0.4) is 0 Å². The van der Waals surface area contributed by atoms with Crippen LogP contribution < -0.4 is 5.32 Å². The number of fused-ring (bicyclic) bond motifs is 1. The molecule has 6 heteroatoms. The molecule has 2 aromatic heterocycles. The van der Waals surface area contributed by atoms with Gasteiger partial charge in [0.25, 0.3) is 0 Å². The Bertz CT molecular complexity index is 981. The van der Waals surface area contributed by atoms with Gasteiger partial charge in [0, 0.05) is 11.6 Å². The molecule has 2 aromatic carbocycles. The summed E-state index contributed by atoms with van der Waals surface area (Å²) in [4.78, 5) is 8.21. The van der Waals surface area contributed by atoms with Gasteiger partial charge in [-0.1, -0.05) is 36.4 Å². The number of benzene rings is 2. The molecule has 2 heterocycles. The van der Waals surface area contributed by atoms with Gasteiger partial charge < -0.3 is 5.32 Å². The van der Waals surface area contributed by atoms with Gasteiger partial charge in [0.15, 0.2) is 0 Å². The minimum absolute atomic E-state index is 0.298. The maximum atomic E-state index is 13.8. The SMILES string of the molecule is Fc1cccc2c(Nc3cnn(Cc4ccccc4)c3)ncnc12. The summed E-state index contributed by atoms with van der Waals surface area (Å²) in [6.45, 7) is 0.682. The van der Waals surface area contributed by atoms with Gasteiger partial charge in [-0.05, 0) is 17.7 Å². The molecular formula is C18H14FN5. The van der Waals surface area contributed by atoms with Crippen molar-refractivity contribution in [2.24, 2.45) is 0 Å². The van der Waals surface area contributed by atoms with E-state index in [9.17, 15) is 4.39 Å². The molecule has 4 aromatic rings. The summed E-state index contributed by atoms with van der Waals surface area (Å²) in [7, 11) is 0. The quantitative estimate of drug-likeness (QED) is 0.622. The lowest BCUT2D eigenvalue weighted by Crippen LogP contribution is -1.99. The van der Waals surface area contributed by atoms with Crippen molar-refractivity contribution in [3.63, 3.8) is 0 Å². The Balaban J connectivity index is 1.60. The lowest BCUT2D eigenvalue weighted by molar-refractivity contribution is 0.636. The van der Waals surface area contributed by atoms with Gasteiger partial charge in [0.1, 0.15) is 23.5 Å². The van der Waals surface area contributed by atoms with Crippen LogP contribution in [0.5, 0.6) is 0 Å². The highest BCUT2D eigenvalue weighted by Gasteiger charge is 2.08. The molecule has 0 atom stereocenters. The fourth-order valence-electron chi connectivity index (χ4n) is 2.57. The van der Waals surface area contributed by atoms with Gasteiger partial charge in [0.2, 0.25) is 0 Å². The summed E-state index contributed by atoms with van der Waals surface area (Å²) in [6, 6.07) is 14.9. The highest BCUT2D eigenvalue weighted by Crippen LogP contribution is 2.24. The number of anilines is 2. The van der Waals surface area contributed by atoms with Crippen LogP contribution in [0.25, 0.3) is 10.9 Å². The van der Waals surface area contributed by atoms with E-state index < -0.39 is 0 Å². The summed E-state index contributed by atoms with van der Waals surface area (Å²) in [5.74, 6) is 0.191. The lowest BCUT2D eigenvalue weighted by atomic mass is 10.2. The van der Waals surface area contributed by atoms with Gasteiger partial charge in [-0.2, -0.15) is 5.10 Å². The summed E-state index contributed by atoms with van der Waals surface area (Å²) < 4.78 is 15.7. The third-order valence-corrected chi connectivity index (χ3v) is 3.70. The number of nitrogens with one attached hydrogen (secondary N) is 1. The molecule has 0 saturated heterocycles. The minimum atomic E-state index is -0.363. The van der Waals surface area contributed by atoms with E-state index in [1.807, 2.05) is 29.1 Å². The molecule has 0 saturated carbocycles. The monoisotopic (exact) mass is 319 g/mol. The summed E-state index contributed by atoms with van der Waals surface area (Å²) in [6.07, 6.45) is 4.96. The van der Waals surface area contributed by atoms with E-state index in [0.29, 0.717) is 23.3 Å². The number of hydrogen-bond acceptors (Lipinski definition) is 4. The minimum Gasteiger partial charge on any atom is -0.337 e. The highest BCUT2D eigenvalue weighted by molar-refractivity contribution is 5.90. The van der Waals surface area contributed by atoms with Crippen molar-refractivity contribution in [1.82, 2.24) is 19.7 Å². The number of para-hydroxylation sites is 1. The maximum Gasteiger partial charge on any atom is 0.149 e. The predicted octanol–water partition coefficient (Wildman–Crippen LogP) is 3.76. The normalized spacial score (nSPS) is 10.9. The number of halogens is 1. The van der Waals surface area contributed by atoms with Crippen LogP contribution in [0.2, 0.25) is 0 Å². The Morgan fingerprint density at radius 3 is 2.75 bits per heavy atom. The standard InChI is InChI=1S/C18H14FN5/c19-16-8-4-7-15-17(16)20-12-21-18(15)23-14-9-22-24(11-14)10-13-5-2-1-3-6-13/h1-9,11-12H,10H2,(H,20,21,23). The van der Waals surface area contributed by atoms with E-state index in [4.69, 9.17) is 0 Å². The van der Waals surface area contributed by atoms with Crippen LogP contribution in [0.4, 0.5) is 15.9 Å². The second-order valence-electron chi connectivity index (χ2n) is 5.40. The fraction of sp³-hybridized carbons (Fsp3) is 0.0556. The second kappa shape index (κ2) is 6.08. The first-order valence-electron chi connectivity index (χ1n) is 7.52. The third-order valence-electron chi connectivity index (χ3n) is 3.70. The summed E-state index contributed by atoms with van der Waals surface area (Å²) in [5.41, 5.74) is 2.25. The molecule has 5 nitrogen and oxygen atoms in total. The average molecular weight is 319 g/mol. The van der Waals surface area contributed by atoms with Crippen molar-refractivity contribution in [2.45, 2.75) is 6.54 Å². The first-order chi connectivity index (χ1) is 11.8. The van der Waals surface area contributed by atoms with E-state index in [1.165, 1.54) is 18.0 Å². The molecule has 0 bridgehead atoms. The van der Waals surface area contributed by atoms with Gasteiger partial charge in [-0.15, -0.1) is 0 Å². The van der Waals surface area contributed by atoms with Crippen molar-refractivity contribution in [1.29, 1.82) is 0 Å². The summed E-state index contributed by atoms with van der Waals surface area (Å²) >= 11 is 0. The van der Waals surface area contributed by atoms with Crippen molar-refractivity contribution in [3.8, 4) is 0 Å². The summed E-state index contributed by atoms with van der Waals surface area (Å²) in [5, 5.41) is 8.15. The third kappa shape index (κ3) is 2.81. The van der Waals surface area contributed by atoms with E-state index in [0.717, 1.165) is 5.69 Å². The van der Waals surface area contributed by atoms with Gasteiger partial charge in [-0.3, -0.25) is 4.68 Å². The van der Waals surface area contributed by atoms with Gasteiger partial charge in [0.05, 0.1) is 18.4 Å². The largest absolute Gasteiger partial charge is 0.337 e. The van der Waals surface area contributed by atoms with Crippen LogP contribution in [-0.4, -0.2) is 19.7 Å². The zero-order chi connectivity index (χ0) is 16.4. The number of rotatable bonds is 4. The Morgan fingerprint density at radius 1 is 1.00 bits per heavy atom. The Hall–Kier alpha value is -3.28. The van der Waals surface area contributed by atoms with E-state index >= 15 is 0 Å². The number of nitrogens with zero attached hydrogens (tertiary/aromatic N) is 4. The molecule has 0 aliphatic heterocycles. The van der Waals surface area contributed by atoms with Crippen molar-refractivity contribution < 1.29 is 4.39 Å². The molecule has 4 rings (SSSR count). The molecular weight excluding hydrogens is 305 g/mol. The molecule has 118 valence electrons. The highest BCUT2D eigenvalue weighted by atomic mass is 19.1. The van der Waals surface area contributed by atoms with Crippen LogP contribution in [-0.2, 0) is 6.54 Å². The molecule has 1 N–H and O–H groups in total. The molecule has 0 fully saturated rings. The van der Waals surface area contributed by atoms with Crippen LogP contribution in [0.1, 0.15) is 5.56 Å². The Morgan fingerprint density at radius 2 is 1.88 bits per heavy atom. The lowest BCUT2D eigenvalue weighted by Gasteiger charge is -2.06. The van der Waals surface area contributed by atoms with Crippen LogP contribution in [0, 0.1) is 5.82 Å². The van der Waals surface area contributed by atoms with Crippen molar-refractivity contribution in [2.75, 3.05) is 5.32 Å². The molecule has 0 unspecified atom stereocenters. The molecule has 0 aliphatic carbocycles. The molecule has 0 spiro atoms. The second-order valence-corrected chi connectivity index (χ2v) is 5.40. The molecule has 0 amide bonds. The average Bonchev–Trinajstić information content (AvgIpc) is 3.04. The maximum absolute atomic E-state index is 13.8. The van der Waals surface area contributed by atoms with Gasteiger partial charge >= 0.3 is 0 Å². The van der Waals surface area contributed by atoms with Crippen LogP contribution >= 0.6 is 0 Å².